The fourth-order valence-electron chi connectivity index (χ4n) is 1.47. The maximum Gasteiger partial charge on any atom is 0.451 e. The SMILES string of the molecule is O=C(CCNc1cc(Cl)nc(C(F)(F)F)n1)NC1CC1. The van der Waals surface area contributed by atoms with Gasteiger partial charge in [-0.3, -0.25) is 4.79 Å². The Morgan fingerprint density at radius 1 is 1.40 bits per heavy atom. The fourth-order valence-corrected chi connectivity index (χ4v) is 1.65. The van der Waals surface area contributed by atoms with E-state index in [4.69, 9.17) is 11.6 Å². The van der Waals surface area contributed by atoms with Gasteiger partial charge in [-0.1, -0.05) is 11.6 Å². The van der Waals surface area contributed by atoms with Crippen molar-refractivity contribution in [2.24, 2.45) is 0 Å². The van der Waals surface area contributed by atoms with E-state index in [9.17, 15) is 18.0 Å². The number of amides is 1. The minimum atomic E-state index is -4.66. The van der Waals surface area contributed by atoms with Crippen LogP contribution in [-0.4, -0.2) is 28.5 Å². The number of halogens is 4. The molecule has 1 aliphatic carbocycles. The smallest absolute Gasteiger partial charge is 0.369 e. The first kappa shape index (κ1) is 14.8. The Bertz CT molecular complexity index is 505. The second-order valence-corrected chi connectivity index (χ2v) is 4.80. The van der Waals surface area contributed by atoms with Crippen LogP contribution in [0.5, 0.6) is 0 Å². The Morgan fingerprint density at radius 3 is 2.70 bits per heavy atom. The number of alkyl halides is 3. The third kappa shape index (κ3) is 4.52. The lowest BCUT2D eigenvalue weighted by Crippen LogP contribution is -2.27. The quantitative estimate of drug-likeness (QED) is 0.819. The summed E-state index contributed by atoms with van der Waals surface area (Å²) in [7, 11) is 0. The number of hydrogen-bond acceptors (Lipinski definition) is 4. The zero-order chi connectivity index (χ0) is 14.8. The van der Waals surface area contributed by atoms with Gasteiger partial charge in [0.1, 0.15) is 11.0 Å². The molecule has 1 amide bonds. The number of anilines is 1. The molecule has 20 heavy (non-hydrogen) atoms. The zero-order valence-corrected chi connectivity index (χ0v) is 11.1. The first-order chi connectivity index (χ1) is 9.34. The normalized spacial score (nSPS) is 15.0. The summed E-state index contributed by atoms with van der Waals surface area (Å²) < 4.78 is 37.4. The molecule has 0 saturated heterocycles. The average Bonchev–Trinajstić information content (AvgIpc) is 3.11. The first-order valence-corrected chi connectivity index (χ1v) is 6.37. The van der Waals surface area contributed by atoms with Crippen LogP contribution in [0.15, 0.2) is 6.07 Å². The molecule has 0 aliphatic heterocycles. The Hall–Kier alpha value is -1.57. The summed E-state index contributed by atoms with van der Waals surface area (Å²) in [4.78, 5) is 17.8. The lowest BCUT2D eigenvalue weighted by molar-refractivity contribution is -0.144. The number of nitrogens with one attached hydrogen (secondary N) is 2. The van der Waals surface area contributed by atoms with E-state index >= 15 is 0 Å². The molecule has 0 atom stereocenters. The Kier molecular flexibility index (Phi) is 4.32. The highest BCUT2D eigenvalue weighted by atomic mass is 35.5. The van der Waals surface area contributed by atoms with E-state index in [-0.39, 0.29) is 35.9 Å². The van der Waals surface area contributed by atoms with Crippen LogP contribution in [0.3, 0.4) is 0 Å². The first-order valence-electron chi connectivity index (χ1n) is 5.99. The summed E-state index contributed by atoms with van der Waals surface area (Å²) in [6.07, 6.45) is -2.55. The third-order valence-corrected chi connectivity index (χ3v) is 2.74. The molecule has 1 heterocycles. The molecule has 1 fully saturated rings. The number of carbonyl (C=O) groups excluding carboxylic acids is 1. The van der Waals surface area contributed by atoms with Gasteiger partial charge in [0.25, 0.3) is 0 Å². The van der Waals surface area contributed by atoms with Crippen LogP contribution in [0, 0.1) is 0 Å². The largest absolute Gasteiger partial charge is 0.451 e. The number of aromatic nitrogens is 2. The molecule has 2 rings (SSSR count). The van der Waals surface area contributed by atoms with Crippen LogP contribution < -0.4 is 10.6 Å². The van der Waals surface area contributed by atoms with E-state index in [0.29, 0.717) is 0 Å². The highest BCUT2D eigenvalue weighted by molar-refractivity contribution is 6.29. The van der Waals surface area contributed by atoms with Crippen molar-refractivity contribution >= 4 is 23.3 Å². The molecular weight excluding hydrogens is 297 g/mol. The number of hydrogen-bond donors (Lipinski definition) is 2. The summed E-state index contributed by atoms with van der Waals surface area (Å²) >= 11 is 5.50. The standard InChI is InChI=1S/C11H12ClF3N4O/c12-7-5-8(19-10(18-7)11(13,14)15)16-4-3-9(20)17-6-1-2-6/h5-6H,1-4H2,(H,17,20)(H,16,18,19). The van der Waals surface area contributed by atoms with Crippen LogP contribution in [0.2, 0.25) is 5.15 Å². The molecule has 0 unspecified atom stereocenters. The fraction of sp³-hybridized carbons (Fsp3) is 0.545. The van der Waals surface area contributed by atoms with Gasteiger partial charge in [0.05, 0.1) is 0 Å². The minimum absolute atomic E-state index is 0.0588. The maximum atomic E-state index is 12.5. The molecule has 110 valence electrons. The van der Waals surface area contributed by atoms with E-state index in [1.807, 2.05) is 0 Å². The van der Waals surface area contributed by atoms with Gasteiger partial charge in [0, 0.05) is 25.1 Å². The second-order valence-electron chi connectivity index (χ2n) is 4.42. The van der Waals surface area contributed by atoms with E-state index < -0.39 is 12.0 Å². The molecule has 0 spiro atoms. The van der Waals surface area contributed by atoms with Crippen LogP contribution >= 0.6 is 11.6 Å². The van der Waals surface area contributed by atoms with Crippen LogP contribution in [0.25, 0.3) is 0 Å². The summed E-state index contributed by atoms with van der Waals surface area (Å²) in [6.45, 7) is 0.170. The molecule has 1 aromatic heterocycles. The summed E-state index contributed by atoms with van der Waals surface area (Å²) in [5, 5.41) is 5.09. The molecule has 9 heteroatoms. The van der Waals surface area contributed by atoms with Crippen LogP contribution in [-0.2, 0) is 11.0 Å². The maximum absolute atomic E-state index is 12.5. The Labute approximate surface area is 117 Å². The van der Waals surface area contributed by atoms with E-state index in [1.165, 1.54) is 6.07 Å². The van der Waals surface area contributed by atoms with Gasteiger partial charge in [-0.05, 0) is 12.8 Å². The van der Waals surface area contributed by atoms with Crippen molar-refractivity contribution < 1.29 is 18.0 Å². The van der Waals surface area contributed by atoms with Crippen molar-refractivity contribution in [1.82, 2.24) is 15.3 Å². The highest BCUT2D eigenvalue weighted by Crippen LogP contribution is 2.28. The molecule has 0 radical (unpaired) electrons. The molecular formula is C11H12ClF3N4O. The van der Waals surface area contributed by atoms with Crippen molar-refractivity contribution in [3.05, 3.63) is 17.0 Å². The van der Waals surface area contributed by atoms with Crippen molar-refractivity contribution in [3.8, 4) is 0 Å². The monoisotopic (exact) mass is 308 g/mol. The van der Waals surface area contributed by atoms with Crippen molar-refractivity contribution in [3.63, 3.8) is 0 Å². The predicted octanol–water partition coefficient (Wildman–Crippen LogP) is 2.23. The number of rotatable bonds is 5. The molecule has 0 bridgehead atoms. The molecule has 5 nitrogen and oxygen atoms in total. The van der Waals surface area contributed by atoms with Gasteiger partial charge in [0.15, 0.2) is 0 Å². The molecule has 1 aromatic rings. The van der Waals surface area contributed by atoms with E-state index in [2.05, 4.69) is 20.6 Å². The van der Waals surface area contributed by atoms with Gasteiger partial charge in [0.2, 0.25) is 11.7 Å². The van der Waals surface area contributed by atoms with Gasteiger partial charge >= 0.3 is 6.18 Å². The van der Waals surface area contributed by atoms with Crippen molar-refractivity contribution in [2.45, 2.75) is 31.5 Å². The summed E-state index contributed by atoms with van der Waals surface area (Å²) in [5.74, 6) is -1.51. The van der Waals surface area contributed by atoms with E-state index in [0.717, 1.165) is 12.8 Å². The molecule has 0 aromatic carbocycles. The molecule has 1 saturated carbocycles. The van der Waals surface area contributed by atoms with Gasteiger partial charge in [-0.25, -0.2) is 9.97 Å². The van der Waals surface area contributed by atoms with Crippen LogP contribution in [0.1, 0.15) is 25.1 Å². The highest BCUT2D eigenvalue weighted by Gasteiger charge is 2.35. The Balaban J connectivity index is 1.88. The number of nitrogens with zero attached hydrogens (tertiary/aromatic N) is 2. The zero-order valence-electron chi connectivity index (χ0n) is 10.3. The van der Waals surface area contributed by atoms with E-state index in [1.54, 1.807) is 0 Å². The van der Waals surface area contributed by atoms with Gasteiger partial charge in [-0.15, -0.1) is 0 Å². The molecule has 2 N–H and O–H groups in total. The second kappa shape index (κ2) is 5.82. The van der Waals surface area contributed by atoms with Gasteiger partial charge < -0.3 is 10.6 Å². The minimum Gasteiger partial charge on any atom is -0.369 e. The summed E-state index contributed by atoms with van der Waals surface area (Å²) in [6, 6.07) is 1.43. The topological polar surface area (TPSA) is 66.9 Å². The average molecular weight is 309 g/mol. The predicted molar refractivity (Wildman–Crippen MR) is 66.3 cm³/mol. The van der Waals surface area contributed by atoms with Gasteiger partial charge in [-0.2, -0.15) is 13.2 Å². The lowest BCUT2D eigenvalue weighted by Gasteiger charge is -2.09. The van der Waals surface area contributed by atoms with Crippen molar-refractivity contribution in [2.75, 3.05) is 11.9 Å². The molecule has 1 aliphatic rings. The van der Waals surface area contributed by atoms with Crippen LogP contribution in [0.4, 0.5) is 19.0 Å². The summed E-state index contributed by atoms with van der Waals surface area (Å²) in [5.41, 5.74) is 0. The number of carbonyl (C=O) groups is 1. The van der Waals surface area contributed by atoms with Crippen molar-refractivity contribution in [1.29, 1.82) is 0 Å². The lowest BCUT2D eigenvalue weighted by atomic mass is 10.4. The Morgan fingerprint density at radius 2 is 2.10 bits per heavy atom. The third-order valence-electron chi connectivity index (χ3n) is 2.55.